The minimum atomic E-state index is -4.89. The molecule has 1 rings (SSSR count). The van der Waals surface area contributed by atoms with E-state index in [2.05, 4.69) is 15.9 Å². The van der Waals surface area contributed by atoms with Crippen molar-refractivity contribution in [3.8, 4) is 0 Å². The van der Waals surface area contributed by atoms with Gasteiger partial charge in [-0.2, -0.15) is 13.2 Å². The predicted molar refractivity (Wildman–Crippen MR) is 88.4 cm³/mol. The average molecular weight is 411 g/mol. The standard InChI is InChI=1S/C15H18BrF3N2O3/c1-4-5-8-20(13(22)14(2,3)16)10-6-7-12(21(23)24)11(9-10)15(17,18)19/h6-7,9H,4-5,8H2,1-3H3. The first kappa shape index (κ1) is 20.4. The first-order valence-electron chi connectivity index (χ1n) is 7.26. The van der Waals surface area contributed by atoms with Crippen LogP contribution < -0.4 is 4.90 Å². The molecule has 0 aliphatic heterocycles. The highest BCUT2D eigenvalue weighted by Crippen LogP contribution is 2.39. The van der Waals surface area contributed by atoms with Gasteiger partial charge in [0, 0.05) is 18.3 Å². The number of hydrogen-bond acceptors (Lipinski definition) is 3. The molecule has 9 heteroatoms. The van der Waals surface area contributed by atoms with Crippen LogP contribution in [0.3, 0.4) is 0 Å². The van der Waals surface area contributed by atoms with Crippen molar-refractivity contribution in [3.05, 3.63) is 33.9 Å². The molecule has 1 aromatic rings. The lowest BCUT2D eigenvalue weighted by atomic mass is 10.1. The van der Waals surface area contributed by atoms with Crippen molar-refractivity contribution in [1.82, 2.24) is 0 Å². The second-order valence-electron chi connectivity index (χ2n) is 5.74. The van der Waals surface area contributed by atoms with Crippen molar-refractivity contribution in [2.75, 3.05) is 11.4 Å². The quantitative estimate of drug-likeness (QED) is 0.379. The highest BCUT2D eigenvalue weighted by Gasteiger charge is 2.39. The SMILES string of the molecule is CCCCN(C(=O)C(C)(C)Br)c1ccc([N+](=O)[O-])c(C(F)(F)F)c1. The van der Waals surface area contributed by atoms with E-state index in [1.165, 1.54) is 11.0 Å². The number of halogens is 4. The number of alkyl halides is 4. The number of nitro benzene ring substituents is 1. The van der Waals surface area contributed by atoms with Gasteiger partial charge in [0.1, 0.15) is 5.56 Å². The molecule has 0 aromatic heterocycles. The van der Waals surface area contributed by atoms with Crippen LogP contribution in [-0.4, -0.2) is 21.7 Å². The second-order valence-corrected chi connectivity index (χ2v) is 7.72. The molecule has 134 valence electrons. The topological polar surface area (TPSA) is 63.5 Å². The zero-order valence-electron chi connectivity index (χ0n) is 13.5. The average Bonchev–Trinajstić information content (AvgIpc) is 2.45. The Labute approximate surface area is 146 Å². The normalized spacial score (nSPS) is 12.1. The molecule has 0 fully saturated rings. The van der Waals surface area contributed by atoms with Crippen LogP contribution in [0.2, 0.25) is 0 Å². The van der Waals surface area contributed by atoms with Gasteiger partial charge in [0.05, 0.1) is 9.25 Å². The molecule has 1 amide bonds. The Balaban J connectivity index is 3.43. The molecule has 0 aliphatic carbocycles. The molecule has 0 atom stereocenters. The number of carbonyl (C=O) groups excluding carboxylic acids is 1. The monoisotopic (exact) mass is 410 g/mol. The van der Waals surface area contributed by atoms with Crippen molar-refractivity contribution in [2.24, 2.45) is 0 Å². The van der Waals surface area contributed by atoms with Gasteiger partial charge in [-0.3, -0.25) is 14.9 Å². The van der Waals surface area contributed by atoms with Crippen molar-refractivity contribution < 1.29 is 22.9 Å². The molecule has 0 bridgehead atoms. The van der Waals surface area contributed by atoms with Gasteiger partial charge in [-0.05, 0) is 32.4 Å². The molecule has 1 aromatic carbocycles. The number of benzene rings is 1. The fourth-order valence-electron chi connectivity index (χ4n) is 2.06. The van der Waals surface area contributed by atoms with Crippen LogP contribution in [0.1, 0.15) is 39.2 Å². The molecule has 5 nitrogen and oxygen atoms in total. The van der Waals surface area contributed by atoms with Gasteiger partial charge in [0.2, 0.25) is 5.91 Å². The lowest BCUT2D eigenvalue weighted by molar-refractivity contribution is -0.388. The maximum Gasteiger partial charge on any atom is 0.423 e. The molecular formula is C15H18BrF3N2O3. The maximum atomic E-state index is 13.1. The Kier molecular flexibility index (Phi) is 6.38. The van der Waals surface area contributed by atoms with Gasteiger partial charge in [0.25, 0.3) is 5.69 Å². The lowest BCUT2D eigenvalue weighted by Gasteiger charge is -2.29. The fraction of sp³-hybridized carbons (Fsp3) is 0.533. The molecule has 0 spiro atoms. The van der Waals surface area contributed by atoms with E-state index >= 15 is 0 Å². The Morgan fingerprint density at radius 2 is 1.92 bits per heavy atom. The second kappa shape index (κ2) is 7.50. The molecule has 0 N–H and O–H groups in total. The van der Waals surface area contributed by atoms with E-state index < -0.39 is 32.6 Å². The third-order valence-corrected chi connectivity index (χ3v) is 3.62. The lowest BCUT2D eigenvalue weighted by Crippen LogP contribution is -2.42. The Morgan fingerprint density at radius 3 is 2.33 bits per heavy atom. The largest absolute Gasteiger partial charge is 0.423 e. The number of hydrogen-bond donors (Lipinski definition) is 0. The first-order chi connectivity index (χ1) is 10.9. The number of nitro groups is 1. The summed E-state index contributed by atoms with van der Waals surface area (Å²) >= 11 is 3.21. The third kappa shape index (κ3) is 4.93. The molecule has 0 saturated heterocycles. The van der Waals surface area contributed by atoms with E-state index in [9.17, 15) is 28.1 Å². The van der Waals surface area contributed by atoms with Crippen LogP contribution in [0.25, 0.3) is 0 Å². The van der Waals surface area contributed by atoms with E-state index in [0.717, 1.165) is 12.5 Å². The molecule has 0 heterocycles. The van der Waals surface area contributed by atoms with Crippen LogP contribution in [0.4, 0.5) is 24.5 Å². The van der Waals surface area contributed by atoms with Gasteiger partial charge in [-0.1, -0.05) is 29.3 Å². The van der Waals surface area contributed by atoms with E-state index in [1.54, 1.807) is 13.8 Å². The molecule has 0 saturated carbocycles. The summed E-state index contributed by atoms with van der Waals surface area (Å²) in [7, 11) is 0. The summed E-state index contributed by atoms with van der Waals surface area (Å²) < 4.78 is 38.4. The van der Waals surface area contributed by atoms with Crippen molar-refractivity contribution in [2.45, 2.75) is 44.1 Å². The van der Waals surface area contributed by atoms with Gasteiger partial charge < -0.3 is 4.90 Å². The molecule has 0 radical (unpaired) electrons. The zero-order chi connectivity index (χ0) is 18.7. The smallest absolute Gasteiger partial charge is 0.311 e. The summed E-state index contributed by atoms with van der Waals surface area (Å²) in [6.07, 6.45) is -3.55. The van der Waals surface area contributed by atoms with Crippen LogP contribution >= 0.6 is 15.9 Å². The number of anilines is 1. The predicted octanol–water partition coefficient (Wildman–Crippen LogP) is 4.92. The Morgan fingerprint density at radius 1 is 1.33 bits per heavy atom. The molecule has 0 unspecified atom stereocenters. The van der Waals surface area contributed by atoms with Crippen LogP contribution in [0, 0.1) is 10.1 Å². The van der Waals surface area contributed by atoms with Gasteiger partial charge in [0.15, 0.2) is 0 Å². The number of amides is 1. The molecule has 0 aliphatic rings. The van der Waals surface area contributed by atoms with Crippen molar-refractivity contribution >= 4 is 33.2 Å². The summed E-state index contributed by atoms with van der Waals surface area (Å²) in [5, 5.41) is 10.8. The van der Waals surface area contributed by atoms with E-state index in [4.69, 9.17) is 0 Å². The molecule has 24 heavy (non-hydrogen) atoms. The van der Waals surface area contributed by atoms with Gasteiger partial charge >= 0.3 is 6.18 Å². The minimum absolute atomic E-state index is 0.0149. The molecular weight excluding hydrogens is 393 g/mol. The van der Waals surface area contributed by atoms with E-state index in [0.29, 0.717) is 12.5 Å². The summed E-state index contributed by atoms with van der Waals surface area (Å²) in [4.78, 5) is 23.5. The Hall–Kier alpha value is -1.64. The summed E-state index contributed by atoms with van der Waals surface area (Å²) in [6, 6.07) is 2.61. The van der Waals surface area contributed by atoms with Crippen molar-refractivity contribution in [3.63, 3.8) is 0 Å². The highest BCUT2D eigenvalue weighted by molar-refractivity contribution is 9.10. The summed E-state index contributed by atoms with van der Waals surface area (Å²) in [5.41, 5.74) is -2.42. The minimum Gasteiger partial charge on any atom is -0.311 e. The summed E-state index contributed by atoms with van der Waals surface area (Å²) in [6.45, 7) is 5.28. The van der Waals surface area contributed by atoms with Gasteiger partial charge in [-0.25, -0.2) is 0 Å². The number of unbranched alkanes of at least 4 members (excludes halogenated alkanes) is 1. The summed E-state index contributed by atoms with van der Waals surface area (Å²) in [5.74, 6) is -0.419. The Bertz CT molecular complexity index is 627. The number of carbonyl (C=O) groups is 1. The van der Waals surface area contributed by atoms with E-state index in [-0.39, 0.29) is 12.2 Å². The van der Waals surface area contributed by atoms with Crippen LogP contribution in [0.5, 0.6) is 0 Å². The number of nitrogens with zero attached hydrogens (tertiary/aromatic N) is 2. The highest BCUT2D eigenvalue weighted by atomic mass is 79.9. The van der Waals surface area contributed by atoms with Gasteiger partial charge in [-0.15, -0.1) is 0 Å². The van der Waals surface area contributed by atoms with Crippen molar-refractivity contribution in [1.29, 1.82) is 0 Å². The maximum absolute atomic E-state index is 13.1. The van der Waals surface area contributed by atoms with E-state index in [1.807, 2.05) is 6.92 Å². The van der Waals surface area contributed by atoms with Crippen LogP contribution in [-0.2, 0) is 11.0 Å². The first-order valence-corrected chi connectivity index (χ1v) is 8.05. The zero-order valence-corrected chi connectivity index (χ0v) is 15.1. The number of rotatable bonds is 6. The fourth-order valence-corrected chi connectivity index (χ4v) is 2.28. The third-order valence-electron chi connectivity index (χ3n) is 3.28. The van der Waals surface area contributed by atoms with Crippen LogP contribution in [0.15, 0.2) is 18.2 Å².